The van der Waals surface area contributed by atoms with Crippen LogP contribution in [0.5, 0.6) is 0 Å². The molecule has 0 aliphatic heterocycles. The first-order valence-electron chi connectivity index (χ1n) is 19.1. The van der Waals surface area contributed by atoms with Gasteiger partial charge < -0.3 is 4.57 Å². The molecule has 0 atom stereocenters. The monoisotopic (exact) mass is 723 g/mol. The first-order valence-corrected chi connectivity index (χ1v) is 19.1. The van der Waals surface area contributed by atoms with Gasteiger partial charge in [-0.25, -0.2) is 15.0 Å². The number of nitrogens with zero attached hydrogens (tertiary/aromatic N) is 5. The first-order chi connectivity index (χ1) is 28.2. The standard InChI is InChI=1S/C52H29N5/c53-30-31-22-34-16-21-39-26-41(29-45-49(39)48(34)44(23-31)57(45)43-14-8-3-9-15-43)40-24-35-17-19-37-27-42(28-38-20-18-36(25-40)46(35)47(37)38)52-55-50(32-10-4-1-5-11-32)54-51(56-52)33-12-6-2-7-13-33/h1-29H. The van der Waals surface area contributed by atoms with Gasteiger partial charge in [-0.1, -0.05) is 115 Å². The van der Waals surface area contributed by atoms with E-state index in [1.807, 2.05) is 78.9 Å². The maximum atomic E-state index is 9.94. The normalized spacial score (nSPS) is 11.8. The van der Waals surface area contributed by atoms with Crippen LogP contribution in [0.3, 0.4) is 0 Å². The summed E-state index contributed by atoms with van der Waals surface area (Å²) in [6, 6.07) is 64.1. The highest BCUT2D eigenvalue weighted by Crippen LogP contribution is 2.44. The highest BCUT2D eigenvalue weighted by Gasteiger charge is 2.20. The lowest BCUT2D eigenvalue weighted by Crippen LogP contribution is -2.00. The Balaban J connectivity index is 1.03. The average Bonchev–Trinajstić information content (AvgIpc) is 3.62. The summed E-state index contributed by atoms with van der Waals surface area (Å²) in [7, 11) is 0. The molecule has 0 amide bonds. The van der Waals surface area contributed by atoms with Crippen molar-refractivity contribution in [1.82, 2.24) is 19.5 Å². The molecule has 0 saturated heterocycles. The fourth-order valence-electron chi connectivity index (χ4n) is 8.92. The molecule has 2 heterocycles. The summed E-state index contributed by atoms with van der Waals surface area (Å²) < 4.78 is 2.31. The zero-order chi connectivity index (χ0) is 37.6. The molecule has 5 nitrogen and oxygen atoms in total. The summed E-state index contributed by atoms with van der Waals surface area (Å²) in [5, 5.41) is 21.8. The van der Waals surface area contributed by atoms with E-state index >= 15 is 0 Å². The second-order valence-electron chi connectivity index (χ2n) is 14.8. The van der Waals surface area contributed by atoms with Gasteiger partial charge in [0.25, 0.3) is 0 Å². The summed E-state index contributed by atoms with van der Waals surface area (Å²) in [5.74, 6) is 1.94. The Labute approximate surface area is 327 Å². The Hall–Kier alpha value is -7.94. The molecule has 12 aromatic rings. The van der Waals surface area contributed by atoms with Crippen LogP contribution in [0, 0.1) is 11.3 Å². The minimum absolute atomic E-state index is 0.646. The molecule has 10 aromatic carbocycles. The Morgan fingerprint density at radius 3 is 1.23 bits per heavy atom. The third kappa shape index (κ3) is 4.85. The molecule has 57 heavy (non-hydrogen) atoms. The van der Waals surface area contributed by atoms with Gasteiger partial charge >= 0.3 is 0 Å². The van der Waals surface area contributed by atoms with Crippen LogP contribution in [0.15, 0.2) is 176 Å². The van der Waals surface area contributed by atoms with Crippen molar-refractivity contribution in [3.63, 3.8) is 0 Å². The second kappa shape index (κ2) is 12.0. The lowest BCUT2D eigenvalue weighted by molar-refractivity contribution is 1.07. The quantitative estimate of drug-likeness (QED) is 0.166. The Morgan fingerprint density at radius 2 is 0.737 bits per heavy atom. The van der Waals surface area contributed by atoms with Crippen LogP contribution < -0.4 is 0 Å². The number of hydrogen-bond donors (Lipinski definition) is 0. The minimum atomic E-state index is 0.646. The number of hydrogen-bond acceptors (Lipinski definition) is 4. The predicted molar refractivity (Wildman–Crippen MR) is 233 cm³/mol. The molecule has 0 aliphatic rings. The van der Waals surface area contributed by atoms with E-state index in [0.717, 1.165) is 60.7 Å². The summed E-state index contributed by atoms with van der Waals surface area (Å²) >= 11 is 0. The highest BCUT2D eigenvalue weighted by atomic mass is 15.0. The fraction of sp³-hybridized carbons (Fsp3) is 0. The van der Waals surface area contributed by atoms with Crippen LogP contribution >= 0.6 is 0 Å². The molecule has 2 aromatic heterocycles. The molecular formula is C52H29N5. The lowest BCUT2D eigenvalue weighted by atomic mass is 9.89. The van der Waals surface area contributed by atoms with Gasteiger partial charge in [0, 0.05) is 33.2 Å². The van der Waals surface area contributed by atoms with Crippen molar-refractivity contribution in [3.8, 4) is 57.0 Å². The maximum Gasteiger partial charge on any atom is 0.164 e. The molecule has 0 spiro atoms. The Bertz CT molecular complexity index is 3440. The summed E-state index contributed by atoms with van der Waals surface area (Å²) in [5.41, 5.74) is 9.07. The lowest BCUT2D eigenvalue weighted by Gasteiger charge is -2.15. The van der Waals surface area contributed by atoms with Crippen molar-refractivity contribution in [2.75, 3.05) is 0 Å². The number of rotatable bonds is 5. The van der Waals surface area contributed by atoms with Gasteiger partial charge in [0.2, 0.25) is 0 Å². The van der Waals surface area contributed by atoms with Crippen LogP contribution in [-0.2, 0) is 0 Å². The molecular weight excluding hydrogens is 695 g/mol. The molecule has 0 radical (unpaired) electrons. The van der Waals surface area contributed by atoms with Crippen LogP contribution in [0.1, 0.15) is 5.56 Å². The molecule has 0 saturated carbocycles. The summed E-state index contributed by atoms with van der Waals surface area (Å²) in [6.45, 7) is 0. The third-order valence-electron chi connectivity index (χ3n) is 11.4. The van der Waals surface area contributed by atoms with Gasteiger partial charge in [-0.3, -0.25) is 0 Å². The van der Waals surface area contributed by atoms with E-state index in [4.69, 9.17) is 15.0 Å². The van der Waals surface area contributed by atoms with Crippen molar-refractivity contribution in [2.24, 2.45) is 0 Å². The smallest absolute Gasteiger partial charge is 0.164 e. The van der Waals surface area contributed by atoms with E-state index in [1.165, 1.54) is 37.7 Å². The third-order valence-corrected chi connectivity index (χ3v) is 11.4. The molecule has 0 N–H and O–H groups in total. The van der Waals surface area contributed by atoms with E-state index in [2.05, 4.69) is 108 Å². The van der Waals surface area contributed by atoms with Gasteiger partial charge in [0.1, 0.15) is 0 Å². The Morgan fingerprint density at radius 1 is 0.351 bits per heavy atom. The van der Waals surface area contributed by atoms with E-state index in [0.29, 0.717) is 23.0 Å². The van der Waals surface area contributed by atoms with Crippen molar-refractivity contribution in [1.29, 1.82) is 5.26 Å². The van der Waals surface area contributed by atoms with E-state index < -0.39 is 0 Å². The van der Waals surface area contributed by atoms with Crippen molar-refractivity contribution in [3.05, 3.63) is 181 Å². The molecule has 12 rings (SSSR count). The van der Waals surface area contributed by atoms with E-state index in [-0.39, 0.29) is 0 Å². The molecule has 5 heteroatoms. The second-order valence-corrected chi connectivity index (χ2v) is 14.8. The number of para-hydroxylation sites is 1. The van der Waals surface area contributed by atoms with Gasteiger partial charge in [-0.15, -0.1) is 0 Å². The van der Waals surface area contributed by atoms with Crippen LogP contribution in [0.2, 0.25) is 0 Å². The minimum Gasteiger partial charge on any atom is -0.309 e. The fourth-order valence-corrected chi connectivity index (χ4v) is 8.92. The van der Waals surface area contributed by atoms with E-state index in [9.17, 15) is 5.26 Å². The summed E-state index contributed by atoms with van der Waals surface area (Å²) in [4.78, 5) is 15.0. The molecule has 0 bridgehead atoms. The first kappa shape index (κ1) is 31.4. The van der Waals surface area contributed by atoms with Gasteiger partial charge in [-0.05, 0) is 115 Å². The average molecular weight is 724 g/mol. The van der Waals surface area contributed by atoms with Crippen LogP contribution in [-0.4, -0.2) is 19.5 Å². The molecule has 0 unspecified atom stereocenters. The number of nitriles is 1. The van der Waals surface area contributed by atoms with Gasteiger partial charge in [0.15, 0.2) is 17.5 Å². The largest absolute Gasteiger partial charge is 0.309 e. The molecule has 0 fully saturated rings. The predicted octanol–water partition coefficient (Wildman–Crippen LogP) is 13.0. The van der Waals surface area contributed by atoms with Gasteiger partial charge in [-0.2, -0.15) is 5.26 Å². The van der Waals surface area contributed by atoms with Gasteiger partial charge in [0.05, 0.1) is 22.7 Å². The highest BCUT2D eigenvalue weighted by molar-refractivity contribution is 6.27. The Kier molecular flexibility index (Phi) is 6.63. The van der Waals surface area contributed by atoms with Crippen LogP contribution in [0.4, 0.5) is 0 Å². The van der Waals surface area contributed by atoms with Crippen molar-refractivity contribution >= 4 is 64.9 Å². The molecule has 262 valence electrons. The topological polar surface area (TPSA) is 67.4 Å². The van der Waals surface area contributed by atoms with Crippen molar-refractivity contribution in [2.45, 2.75) is 0 Å². The number of benzene rings is 10. The molecule has 0 aliphatic carbocycles. The maximum absolute atomic E-state index is 9.94. The summed E-state index contributed by atoms with van der Waals surface area (Å²) in [6.07, 6.45) is 0. The van der Waals surface area contributed by atoms with E-state index in [1.54, 1.807) is 0 Å². The zero-order valence-electron chi connectivity index (χ0n) is 30.5. The SMILES string of the molecule is N#Cc1cc2ccc3cc(-c4cc5ccc6cc(-c7nc(-c8ccccc8)nc(-c8ccccc8)n7)cc7ccc(c4)c5c67)cc4c3c2c(c1)n4-c1ccccc1. The zero-order valence-corrected chi connectivity index (χ0v) is 30.5. The van der Waals surface area contributed by atoms with Crippen molar-refractivity contribution < 1.29 is 0 Å². The number of aromatic nitrogens is 4. The van der Waals surface area contributed by atoms with Crippen LogP contribution in [0.25, 0.3) is 116 Å².